The topological polar surface area (TPSA) is 41.5 Å². The zero-order chi connectivity index (χ0) is 14.2. The second kappa shape index (κ2) is 6.99. The molecule has 0 spiro atoms. The van der Waals surface area contributed by atoms with Gasteiger partial charge >= 0.3 is 0 Å². The molecule has 1 amide bonds. The molecule has 4 heteroatoms. The van der Waals surface area contributed by atoms with E-state index in [-0.39, 0.29) is 5.56 Å². The van der Waals surface area contributed by atoms with E-state index in [1.54, 1.807) is 6.08 Å². The Bertz CT molecular complexity index is 636. The van der Waals surface area contributed by atoms with E-state index < -0.39 is 11.7 Å². The van der Waals surface area contributed by atoms with Crippen LogP contribution in [0.2, 0.25) is 0 Å². The molecule has 2 aromatic rings. The molecule has 0 aromatic heterocycles. The van der Waals surface area contributed by atoms with Crippen molar-refractivity contribution in [1.82, 2.24) is 5.43 Å². The third kappa shape index (κ3) is 4.17. The van der Waals surface area contributed by atoms with Crippen molar-refractivity contribution in [3.05, 3.63) is 77.6 Å². The van der Waals surface area contributed by atoms with Crippen LogP contribution in [-0.4, -0.2) is 12.1 Å². The molecule has 0 aliphatic carbocycles. The number of hydrogen-bond donors (Lipinski definition) is 1. The highest BCUT2D eigenvalue weighted by Gasteiger charge is 2.03. The number of hydrazone groups is 1. The van der Waals surface area contributed by atoms with Gasteiger partial charge < -0.3 is 0 Å². The van der Waals surface area contributed by atoms with E-state index in [4.69, 9.17) is 0 Å². The molecule has 20 heavy (non-hydrogen) atoms. The van der Waals surface area contributed by atoms with Gasteiger partial charge in [0.15, 0.2) is 0 Å². The number of nitrogens with zero attached hydrogens (tertiary/aromatic N) is 1. The maximum Gasteiger partial charge on any atom is 0.271 e. The van der Waals surface area contributed by atoms with Crippen molar-refractivity contribution in [2.75, 3.05) is 0 Å². The molecule has 0 bridgehead atoms. The molecule has 100 valence electrons. The fraction of sp³-hybridized carbons (Fsp3) is 0. The van der Waals surface area contributed by atoms with E-state index in [0.717, 1.165) is 11.6 Å². The largest absolute Gasteiger partial charge is 0.271 e. The predicted octanol–water partition coefficient (Wildman–Crippen LogP) is 3.25. The molecule has 1 N–H and O–H groups in total. The van der Waals surface area contributed by atoms with Crippen LogP contribution in [0.5, 0.6) is 0 Å². The predicted molar refractivity (Wildman–Crippen MR) is 77.8 cm³/mol. The fourth-order valence-corrected chi connectivity index (χ4v) is 1.55. The lowest BCUT2D eigenvalue weighted by Gasteiger charge is -1.98. The van der Waals surface area contributed by atoms with Gasteiger partial charge in [-0.3, -0.25) is 4.79 Å². The Morgan fingerprint density at radius 2 is 1.90 bits per heavy atom. The standard InChI is InChI=1S/C16H13FN2O/c17-15-10-4-9-14(12-15)16(20)19-18-11-5-8-13-6-2-1-3-7-13/h1-12H,(H,19,20). The summed E-state index contributed by atoms with van der Waals surface area (Å²) in [6, 6.07) is 15.1. The summed E-state index contributed by atoms with van der Waals surface area (Å²) in [6.45, 7) is 0. The lowest BCUT2D eigenvalue weighted by atomic mass is 10.2. The molecule has 3 nitrogen and oxygen atoms in total. The van der Waals surface area contributed by atoms with Crippen LogP contribution in [0.4, 0.5) is 4.39 Å². The maximum atomic E-state index is 12.9. The number of nitrogens with one attached hydrogen (secondary N) is 1. The summed E-state index contributed by atoms with van der Waals surface area (Å²) < 4.78 is 12.9. The molecule has 0 saturated heterocycles. The van der Waals surface area contributed by atoms with Crippen LogP contribution in [0.25, 0.3) is 6.08 Å². The summed E-state index contributed by atoms with van der Waals surface area (Å²) in [5, 5.41) is 3.76. The van der Waals surface area contributed by atoms with Crippen molar-refractivity contribution < 1.29 is 9.18 Å². The normalized spacial score (nSPS) is 11.1. The number of rotatable bonds is 4. The molecule has 2 aromatic carbocycles. The molecule has 2 rings (SSSR count). The highest BCUT2D eigenvalue weighted by Crippen LogP contribution is 2.03. The first-order valence-electron chi connectivity index (χ1n) is 6.06. The number of carbonyl (C=O) groups excluding carboxylic acids is 1. The van der Waals surface area contributed by atoms with Crippen molar-refractivity contribution in [2.24, 2.45) is 5.10 Å². The summed E-state index contributed by atoms with van der Waals surface area (Å²) in [5.41, 5.74) is 3.59. The second-order valence-corrected chi connectivity index (χ2v) is 4.00. The van der Waals surface area contributed by atoms with E-state index in [9.17, 15) is 9.18 Å². The zero-order valence-corrected chi connectivity index (χ0v) is 10.7. The number of hydrogen-bond acceptors (Lipinski definition) is 2. The first-order chi connectivity index (χ1) is 9.75. The van der Waals surface area contributed by atoms with Gasteiger partial charge in [-0.05, 0) is 29.8 Å². The van der Waals surface area contributed by atoms with Crippen LogP contribution in [0, 0.1) is 5.82 Å². The maximum absolute atomic E-state index is 12.9. The van der Waals surface area contributed by atoms with Gasteiger partial charge in [-0.2, -0.15) is 5.10 Å². The fourth-order valence-electron chi connectivity index (χ4n) is 1.55. The van der Waals surface area contributed by atoms with Crippen LogP contribution in [0.15, 0.2) is 65.8 Å². The van der Waals surface area contributed by atoms with Gasteiger partial charge in [0.25, 0.3) is 5.91 Å². The molecule has 0 fully saturated rings. The van der Waals surface area contributed by atoms with Crippen molar-refractivity contribution >= 4 is 18.2 Å². The molecule has 0 unspecified atom stereocenters. The van der Waals surface area contributed by atoms with E-state index in [0.29, 0.717) is 0 Å². The van der Waals surface area contributed by atoms with Gasteiger partial charge in [0.2, 0.25) is 0 Å². The number of carbonyl (C=O) groups is 1. The van der Waals surface area contributed by atoms with Crippen molar-refractivity contribution in [3.63, 3.8) is 0 Å². The summed E-state index contributed by atoms with van der Waals surface area (Å²) in [6.07, 6.45) is 5.03. The Kier molecular flexibility index (Phi) is 4.78. The summed E-state index contributed by atoms with van der Waals surface area (Å²) in [5.74, 6) is -0.903. The Labute approximate surface area is 116 Å². The third-order valence-electron chi connectivity index (χ3n) is 2.50. The molecule has 0 radical (unpaired) electrons. The van der Waals surface area contributed by atoms with Crippen LogP contribution in [0.3, 0.4) is 0 Å². The van der Waals surface area contributed by atoms with Crippen LogP contribution in [0.1, 0.15) is 15.9 Å². The Morgan fingerprint density at radius 1 is 1.10 bits per heavy atom. The molecular formula is C16H13FN2O. The van der Waals surface area contributed by atoms with Crippen LogP contribution >= 0.6 is 0 Å². The summed E-state index contributed by atoms with van der Waals surface area (Å²) in [4.78, 5) is 11.6. The minimum atomic E-state index is -0.453. The van der Waals surface area contributed by atoms with Gasteiger partial charge in [0, 0.05) is 11.8 Å². The van der Waals surface area contributed by atoms with Gasteiger partial charge in [-0.1, -0.05) is 42.5 Å². The van der Waals surface area contributed by atoms with Crippen molar-refractivity contribution in [3.8, 4) is 0 Å². The number of halogens is 1. The monoisotopic (exact) mass is 268 g/mol. The zero-order valence-electron chi connectivity index (χ0n) is 10.7. The van der Waals surface area contributed by atoms with Gasteiger partial charge in [-0.25, -0.2) is 9.82 Å². The average Bonchev–Trinajstić information content (AvgIpc) is 2.48. The lowest BCUT2D eigenvalue weighted by Crippen LogP contribution is -2.17. The average molecular weight is 268 g/mol. The summed E-state index contributed by atoms with van der Waals surface area (Å²) in [7, 11) is 0. The molecule has 0 saturated carbocycles. The van der Waals surface area contributed by atoms with Crippen molar-refractivity contribution in [2.45, 2.75) is 0 Å². The Morgan fingerprint density at radius 3 is 2.65 bits per heavy atom. The number of benzene rings is 2. The minimum absolute atomic E-state index is 0.231. The van der Waals surface area contributed by atoms with Gasteiger partial charge in [0.05, 0.1) is 0 Å². The van der Waals surface area contributed by atoms with Gasteiger partial charge in [0.1, 0.15) is 5.82 Å². The van der Waals surface area contributed by atoms with E-state index >= 15 is 0 Å². The van der Waals surface area contributed by atoms with Crippen LogP contribution in [-0.2, 0) is 0 Å². The third-order valence-corrected chi connectivity index (χ3v) is 2.50. The molecular weight excluding hydrogens is 255 g/mol. The smallest absolute Gasteiger partial charge is 0.267 e. The van der Waals surface area contributed by atoms with Crippen LogP contribution < -0.4 is 5.43 Å². The Hall–Kier alpha value is -2.75. The van der Waals surface area contributed by atoms with E-state index in [2.05, 4.69) is 10.5 Å². The lowest BCUT2D eigenvalue weighted by molar-refractivity contribution is 0.0954. The summed E-state index contributed by atoms with van der Waals surface area (Å²) >= 11 is 0. The molecule has 0 aliphatic heterocycles. The SMILES string of the molecule is O=C(NN=CC=Cc1ccccc1)c1cccc(F)c1. The number of allylic oxidation sites excluding steroid dienone is 1. The highest BCUT2D eigenvalue weighted by molar-refractivity contribution is 5.94. The Balaban J connectivity index is 1.87. The molecule has 0 aliphatic rings. The highest BCUT2D eigenvalue weighted by atomic mass is 19.1. The molecule has 0 heterocycles. The van der Waals surface area contributed by atoms with Crippen molar-refractivity contribution in [1.29, 1.82) is 0 Å². The quantitative estimate of drug-likeness (QED) is 0.671. The molecule has 0 atom stereocenters. The first kappa shape index (κ1) is 13.7. The van der Waals surface area contributed by atoms with Gasteiger partial charge in [-0.15, -0.1) is 0 Å². The first-order valence-corrected chi connectivity index (χ1v) is 6.06. The second-order valence-electron chi connectivity index (χ2n) is 4.00. The minimum Gasteiger partial charge on any atom is -0.267 e. The van der Waals surface area contributed by atoms with E-state index in [1.807, 2.05) is 36.4 Å². The number of amides is 1. The van der Waals surface area contributed by atoms with E-state index in [1.165, 1.54) is 24.4 Å².